The maximum atomic E-state index is 13.5. The van der Waals surface area contributed by atoms with Gasteiger partial charge in [-0.1, -0.05) is 12.1 Å². The predicted molar refractivity (Wildman–Crippen MR) is 69.0 cm³/mol. The lowest BCUT2D eigenvalue weighted by molar-refractivity contribution is 0.477. The van der Waals surface area contributed by atoms with Crippen LogP contribution >= 0.6 is 0 Å². The first-order chi connectivity index (χ1) is 8.08. The van der Waals surface area contributed by atoms with Crippen LogP contribution in [0.1, 0.15) is 30.5 Å². The molecule has 17 heavy (non-hydrogen) atoms. The van der Waals surface area contributed by atoms with E-state index in [0.717, 1.165) is 24.0 Å². The first-order valence-corrected chi connectivity index (χ1v) is 7.64. The third-order valence-electron chi connectivity index (χ3n) is 3.18. The molecule has 0 amide bonds. The number of benzene rings is 1. The third kappa shape index (κ3) is 2.93. The molecule has 0 spiro atoms. The number of hydrogen-bond acceptors (Lipinski definition) is 2. The molecule has 0 aromatic heterocycles. The molecular formula is C13H18FNOS. The van der Waals surface area contributed by atoms with E-state index in [9.17, 15) is 8.60 Å². The van der Waals surface area contributed by atoms with Crippen LogP contribution in [0.25, 0.3) is 0 Å². The van der Waals surface area contributed by atoms with Gasteiger partial charge in [0.15, 0.2) is 0 Å². The highest BCUT2D eigenvalue weighted by Crippen LogP contribution is 2.32. The summed E-state index contributed by atoms with van der Waals surface area (Å²) in [5.74, 6) is 0.541. The van der Waals surface area contributed by atoms with Gasteiger partial charge in [0.25, 0.3) is 0 Å². The Labute approximate surface area is 104 Å². The van der Waals surface area contributed by atoms with Gasteiger partial charge in [-0.25, -0.2) is 4.39 Å². The number of rotatable bonds is 4. The van der Waals surface area contributed by atoms with E-state index in [4.69, 9.17) is 0 Å². The summed E-state index contributed by atoms with van der Waals surface area (Å²) in [5, 5.41) is 3.43. The van der Waals surface area contributed by atoms with Gasteiger partial charge in [0.05, 0.1) is 0 Å². The van der Waals surface area contributed by atoms with Crippen molar-refractivity contribution in [1.82, 2.24) is 5.32 Å². The topological polar surface area (TPSA) is 29.1 Å². The Morgan fingerprint density at radius 2 is 2.35 bits per heavy atom. The van der Waals surface area contributed by atoms with Crippen LogP contribution in [-0.4, -0.2) is 22.3 Å². The first kappa shape index (κ1) is 12.7. The molecule has 2 rings (SSSR count). The summed E-state index contributed by atoms with van der Waals surface area (Å²) in [6.07, 6.45) is 3.43. The van der Waals surface area contributed by atoms with Crippen molar-refractivity contribution < 1.29 is 8.60 Å². The number of nitrogens with one attached hydrogen (secondary N) is 1. The highest BCUT2D eigenvalue weighted by atomic mass is 32.2. The molecule has 1 N–H and O–H groups in total. The van der Waals surface area contributed by atoms with E-state index in [1.165, 1.54) is 6.07 Å². The van der Waals surface area contributed by atoms with Crippen molar-refractivity contribution in [3.05, 3.63) is 35.1 Å². The fourth-order valence-corrected chi connectivity index (χ4v) is 3.33. The molecule has 3 atom stereocenters. The lowest BCUT2D eigenvalue weighted by Crippen LogP contribution is -2.33. The molecule has 94 valence electrons. The SMILES string of the molecule is CC(CS(C)=O)NC1CCc2c(F)cccc21. The Balaban J connectivity index is 2.07. The fraction of sp³-hybridized carbons (Fsp3) is 0.538. The predicted octanol–water partition coefficient (Wildman–Crippen LogP) is 2.17. The highest BCUT2D eigenvalue weighted by molar-refractivity contribution is 7.84. The zero-order valence-corrected chi connectivity index (χ0v) is 11.0. The van der Waals surface area contributed by atoms with Crippen LogP contribution in [0.2, 0.25) is 0 Å². The van der Waals surface area contributed by atoms with Crippen LogP contribution in [0.4, 0.5) is 4.39 Å². The van der Waals surface area contributed by atoms with Crippen molar-refractivity contribution in [3.63, 3.8) is 0 Å². The molecule has 1 aliphatic carbocycles. The number of halogens is 1. The van der Waals surface area contributed by atoms with Gasteiger partial charge in [0.1, 0.15) is 5.82 Å². The van der Waals surface area contributed by atoms with E-state index < -0.39 is 10.8 Å². The standard InChI is InChI=1S/C13H18FNOS/c1-9(8-17(2)16)15-13-7-6-10-11(13)4-3-5-12(10)14/h3-5,9,13,15H,6-8H2,1-2H3. The zero-order valence-electron chi connectivity index (χ0n) is 10.2. The van der Waals surface area contributed by atoms with E-state index in [1.54, 1.807) is 12.3 Å². The fourth-order valence-electron chi connectivity index (χ4n) is 2.53. The molecule has 1 aromatic rings. The summed E-state index contributed by atoms with van der Waals surface area (Å²) in [5.41, 5.74) is 1.91. The van der Waals surface area contributed by atoms with Gasteiger partial charge in [-0.15, -0.1) is 0 Å². The Bertz CT molecular complexity index is 435. The second-order valence-corrected chi connectivity index (χ2v) is 6.19. The van der Waals surface area contributed by atoms with Crippen molar-refractivity contribution in [3.8, 4) is 0 Å². The van der Waals surface area contributed by atoms with Crippen LogP contribution in [0, 0.1) is 5.82 Å². The van der Waals surface area contributed by atoms with Crippen molar-refractivity contribution in [2.75, 3.05) is 12.0 Å². The monoisotopic (exact) mass is 255 g/mol. The molecule has 0 saturated heterocycles. The zero-order chi connectivity index (χ0) is 12.4. The first-order valence-electron chi connectivity index (χ1n) is 5.91. The van der Waals surface area contributed by atoms with Gasteiger partial charge < -0.3 is 5.32 Å². The van der Waals surface area contributed by atoms with Gasteiger partial charge in [-0.3, -0.25) is 4.21 Å². The molecular weight excluding hydrogens is 237 g/mol. The minimum absolute atomic E-state index is 0.0986. The van der Waals surface area contributed by atoms with E-state index in [2.05, 4.69) is 5.32 Å². The Morgan fingerprint density at radius 1 is 1.59 bits per heavy atom. The molecule has 1 aromatic carbocycles. The molecule has 0 aliphatic heterocycles. The van der Waals surface area contributed by atoms with E-state index >= 15 is 0 Å². The second kappa shape index (κ2) is 5.27. The minimum atomic E-state index is -0.794. The summed E-state index contributed by atoms with van der Waals surface area (Å²) >= 11 is 0. The van der Waals surface area contributed by atoms with Crippen LogP contribution in [0.3, 0.4) is 0 Å². The van der Waals surface area contributed by atoms with Gasteiger partial charge in [-0.2, -0.15) is 0 Å². The molecule has 0 bridgehead atoms. The maximum absolute atomic E-state index is 13.5. The summed E-state index contributed by atoms with van der Waals surface area (Å²) in [6, 6.07) is 5.67. The largest absolute Gasteiger partial charge is 0.307 e. The quantitative estimate of drug-likeness (QED) is 0.893. The smallest absolute Gasteiger partial charge is 0.126 e. The second-order valence-electron chi connectivity index (χ2n) is 4.71. The maximum Gasteiger partial charge on any atom is 0.126 e. The highest BCUT2D eigenvalue weighted by Gasteiger charge is 2.25. The molecule has 2 nitrogen and oxygen atoms in total. The summed E-state index contributed by atoms with van der Waals surface area (Å²) in [7, 11) is -0.794. The molecule has 0 fully saturated rings. The average molecular weight is 255 g/mol. The minimum Gasteiger partial charge on any atom is -0.307 e. The summed E-state index contributed by atoms with van der Waals surface area (Å²) in [6.45, 7) is 2.03. The lowest BCUT2D eigenvalue weighted by Gasteiger charge is -2.19. The van der Waals surface area contributed by atoms with Crippen molar-refractivity contribution in [2.45, 2.75) is 31.8 Å². The lowest BCUT2D eigenvalue weighted by atomic mass is 10.1. The van der Waals surface area contributed by atoms with Gasteiger partial charge in [0, 0.05) is 34.9 Å². The third-order valence-corrected chi connectivity index (χ3v) is 4.15. The Morgan fingerprint density at radius 3 is 3.06 bits per heavy atom. The number of fused-ring (bicyclic) bond motifs is 1. The van der Waals surface area contributed by atoms with Crippen molar-refractivity contribution >= 4 is 10.8 Å². The van der Waals surface area contributed by atoms with Crippen LogP contribution in [0.15, 0.2) is 18.2 Å². The van der Waals surface area contributed by atoms with Gasteiger partial charge >= 0.3 is 0 Å². The van der Waals surface area contributed by atoms with E-state index in [0.29, 0.717) is 5.75 Å². The molecule has 0 heterocycles. The van der Waals surface area contributed by atoms with Crippen molar-refractivity contribution in [2.24, 2.45) is 0 Å². The van der Waals surface area contributed by atoms with E-state index in [1.807, 2.05) is 13.0 Å². The van der Waals surface area contributed by atoms with Gasteiger partial charge in [0.2, 0.25) is 0 Å². The summed E-state index contributed by atoms with van der Waals surface area (Å²) < 4.78 is 24.7. The molecule has 0 radical (unpaired) electrons. The Kier molecular flexibility index (Phi) is 3.94. The molecule has 4 heteroatoms. The van der Waals surface area contributed by atoms with Crippen molar-refractivity contribution in [1.29, 1.82) is 0 Å². The summed E-state index contributed by atoms with van der Waals surface area (Å²) in [4.78, 5) is 0. The Hall–Kier alpha value is -0.740. The van der Waals surface area contributed by atoms with Crippen LogP contribution in [-0.2, 0) is 17.2 Å². The van der Waals surface area contributed by atoms with E-state index in [-0.39, 0.29) is 17.9 Å². The molecule has 0 saturated carbocycles. The molecule has 1 aliphatic rings. The normalized spacial score (nSPS) is 22.2. The molecule has 3 unspecified atom stereocenters. The van der Waals surface area contributed by atoms with Crippen LogP contribution < -0.4 is 5.32 Å². The van der Waals surface area contributed by atoms with Crippen LogP contribution in [0.5, 0.6) is 0 Å². The number of hydrogen-bond donors (Lipinski definition) is 1. The average Bonchev–Trinajstić information content (AvgIpc) is 2.62. The van der Waals surface area contributed by atoms with Gasteiger partial charge in [-0.05, 0) is 37.0 Å².